The van der Waals surface area contributed by atoms with Gasteiger partial charge in [-0.25, -0.2) is 0 Å². The molecule has 2 rings (SSSR count). The van der Waals surface area contributed by atoms with Gasteiger partial charge in [-0.2, -0.15) is 26.3 Å². The molecule has 1 aromatic carbocycles. The number of benzene rings is 1. The Labute approximate surface area is 155 Å². The lowest BCUT2D eigenvalue weighted by Crippen LogP contribution is -2.45. The molecule has 1 fully saturated rings. The topological polar surface area (TPSA) is 15.3 Å². The third-order valence-electron chi connectivity index (χ3n) is 4.77. The summed E-state index contributed by atoms with van der Waals surface area (Å²) in [5, 5.41) is 3.15. The van der Waals surface area contributed by atoms with Crippen LogP contribution in [0, 0.1) is 0 Å². The van der Waals surface area contributed by atoms with Crippen molar-refractivity contribution in [1.29, 1.82) is 0 Å². The van der Waals surface area contributed by atoms with Gasteiger partial charge in [-0.05, 0) is 37.0 Å². The maximum Gasteiger partial charge on any atom is 0.416 e. The van der Waals surface area contributed by atoms with Gasteiger partial charge in [-0.3, -0.25) is 4.90 Å². The molecule has 0 saturated carbocycles. The Morgan fingerprint density at radius 2 is 1.70 bits per heavy atom. The van der Waals surface area contributed by atoms with Crippen molar-refractivity contribution >= 4 is 0 Å². The van der Waals surface area contributed by atoms with Gasteiger partial charge in [0.25, 0.3) is 0 Å². The molecule has 0 radical (unpaired) electrons. The first-order chi connectivity index (χ1) is 12.6. The first-order valence-corrected chi connectivity index (χ1v) is 8.98. The zero-order valence-electron chi connectivity index (χ0n) is 15.0. The molecule has 0 spiro atoms. The van der Waals surface area contributed by atoms with E-state index < -0.39 is 29.5 Å². The van der Waals surface area contributed by atoms with E-state index in [0.717, 1.165) is 25.0 Å². The van der Waals surface area contributed by atoms with E-state index in [1.807, 2.05) is 4.90 Å². The van der Waals surface area contributed by atoms with E-state index in [2.05, 4.69) is 11.9 Å². The van der Waals surface area contributed by atoms with Gasteiger partial charge >= 0.3 is 12.4 Å². The van der Waals surface area contributed by atoms with Crippen LogP contribution in [0.3, 0.4) is 0 Å². The maximum absolute atomic E-state index is 13.6. The first-order valence-electron chi connectivity index (χ1n) is 8.98. The molecule has 0 aliphatic carbocycles. The molecule has 1 atom stereocenters. The highest BCUT2D eigenvalue weighted by molar-refractivity contribution is 5.37. The van der Waals surface area contributed by atoms with Gasteiger partial charge in [0.05, 0.1) is 11.1 Å². The molecule has 0 amide bonds. The van der Waals surface area contributed by atoms with Gasteiger partial charge in [0.15, 0.2) is 0 Å². The second-order valence-corrected chi connectivity index (χ2v) is 6.67. The van der Waals surface area contributed by atoms with Crippen LogP contribution in [0.5, 0.6) is 0 Å². The van der Waals surface area contributed by atoms with Crippen LogP contribution >= 0.6 is 0 Å². The number of nitrogens with zero attached hydrogens (tertiary/aromatic N) is 1. The van der Waals surface area contributed by atoms with Gasteiger partial charge in [-0.15, -0.1) is 6.58 Å². The molecule has 2 nitrogen and oxygen atoms in total. The summed E-state index contributed by atoms with van der Waals surface area (Å²) in [6, 6.07) is 1.44. The van der Waals surface area contributed by atoms with Crippen LogP contribution in [-0.2, 0) is 12.4 Å². The maximum atomic E-state index is 13.6. The molecule has 1 heterocycles. The highest BCUT2D eigenvalue weighted by atomic mass is 19.4. The summed E-state index contributed by atoms with van der Waals surface area (Å²) < 4.78 is 79.5. The largest absolute Gasteiger partial charge is 0.416 e. The second kappa shape index (κ2) is 9.10. The lowest BCUT2D eigenvalue weighted by Gasteiger charge is -2.36. The van der Waals surface area contributed by atoms with E-state index in [1.165, 1.54) is 0 Å². The number of nitrogens with one attached hydrogen (secondary N) is 1. The Balaban J connectivity index is 2.40. The smallest absolute Gasteiger partial charge is 0.314 e. The molecule has 0 unspecified atom stereocenters. The minimum absolute atomic E-state index is 0.0731. The van der Waals surface area contributed by atoms with Crippen molar-refractivity contribution in [3.05, 3.63) is 47.5 Å². The van der Waals surface area contributed by atoms with Gasteiger partial charge in [0.1, 0.15) is 0 Å². The van der Waals surface area contributed by atoms with E-state index in [1.54, 1.807) is 6.08 Å². The number of unbranched alkanes of at least 4 members (excludes halogenated alkanes) is 2. The Kier molecular flexibility index (Phi) is 7.33. The summed E-state index contributed by atoms with van der Waals surface area (Å²) >= 11 is 0. The average Bonchev–Trinajstić information content (AvgIpc) is 2.61. The van der Waals surface area contributed by atoms with Crippen LogP contribution < -0.4 is 5.32 Å². The van der Waals surface area contributed by atoms with Crippen molar-refractivity contribution in [3.8, 4) is 0 Å². The summed E-state index contributed by atoms with van der Waals surface area (Å²) in [5.41, 5.74) is -2.54. The number of alkyl halides is 6. The van der Waals surface area contributed by atoms with Crippen molar-refractivity contribution < 1.29 is 26.3 Å². The summed E-state index contributed by atoms with van der Waals surface area (Å²) in [6.45, 7) is 6.04. The van der Waals surface area contributed by atoms with Crippen LogP contribution in [-0.4, -0.2) is 31.1 Å². The van der Waals surface area contributed by atoms with Crippen LogP contribution in [0.15, 0.2) is 30.9 Å². The minimum Gasteiger partial charge on any atom is -0.314 e. The normalized spacial score (nSPS) is 17.7. The monoisotopic (exact) mass is 394 g/mol. The third kappa shape index (κ3) is 5.97. The molecular formula is C19H24F6N2. The molecule has 1 aliphatic rings. The first kappa shape index (κ1) is 21.8. The number of halogens is 6. The Morgan fingerprint density at radius 1 is 1.04 bits per heavy atom. The molecule has 0 aromatic heterocycles. The number of rotatable bonds is 7. The van der Waals surface area contributed by atoms with Crippen molar-refractivity contribution in [2.75, 3.05) is 26.2 Å². The minimum atomic E-state index is -4.84. The van der Waals surface area contributed by atoms with Gasteiger partial charge in [-0.1, -0.05) is 18.6 Å². The van der Waals surface area contributed by atoms with Crippen molar-refractivity contribution in [2.24, 2.45) is 0 Å². The van der Waals surface area contributed by atoms with Gasteiger partial charge in [0.2, 0.25) is 0 Å². The SMILES string of the molecule is C=CCCCC[C@H](c1ccc(C(F)(F)F)cc1C(F)(F)F)N1CCNCC1. The molecular weight excluding hydrogens is 370 g/mol. The molecule has 1 saturated heterocycles. The van der Waals surface area contributed by atoms with Crippen molar-refractivity contribution in [3.63, 3.8) is 0 Å². The average molecular weight is 394 g/mol. The van der Waals surface area contributed by atoms with E-state index >= 15 is 0 Å². The Morgan fingerprint density at radius 3 is 2.26 bits per heavy atom. The van der Waals surface area contributed by atoms with Crippen LogP contribution in [0.25, 0.3) is 0 Å². The summed E-state index contributed by atoms with van der Waals surface area (Å²) in [4.78, 5) is 1.93. The number of piperazine rings is 1. The zero-order chi connectivity index (χ0) is 20.1. The summed E-state index contributed by atoms with van der Waals surface area (Å²) in [6.07, 6.45) is -5.22. The fourth-order valence-electron chi connectivity index (χ4n) is 3.42. The Bertz CT molecular complexity index is 618. The van der Waals surface area contributed by atoms with E-state index in [4.69, 9.17) is 0 Å². The Hall–Kier alpha value is -1.54. The fourth-order valence-corrected chi connectivity index (χ4v) is 3.42. The van der Waals surface area contributed by atoms with Crippen LogP contribution in [0.1, 0.15) is 48.4 Å². The molecule has 8 heteroatoms. The quantitative estimate of drug-likeness (QED) is 0.378. The summed E-state index contributed by atoms with van der Waals surface area (Å²) in [7, 11) is 0. The standard InChI is InChI=1S/C19H24F6N2/c1-2-3-4-5-6-17(27-11-9-26-10-12-27)15-8-7-14(18(20,21)22)13-16(15)19(23,24)25/h2,7-8,13,17,26H,1,3-6,9-12H2/t17-/m1/s1. The number of allylic oxidation sites excluding steroid dienone is 1. The van der Waals surface area contributed by atoms with Crippen molar-refractivity contribution in [2.45, 2.75) is 44.1 Å². The van der Waals surface area contributed by atoms with Crippen LogP contribution in [0.2, 0.25) is 0 Å². The zero-order valence-corrected chi connectivity index (χ0v) is 15.0. The van der Waals surface area contributed by atoms with E-state index in [0.29, 0.717) is 39.0 Å². The van der Waals surface area contributed by atoms with Crippen LogP contribution in [0.4, 0.5) is 26.3 Å². The molecule has 1 N–H and O–H groups in total. The highest BCUT2D eigenvalue weighted by Crippen LogP contribution is 2.41. The van der Waals surface area contributed by atoms with Gasteiger partial charge in [0, 0.05) is 32.2 Å². The lowest BCUT2D eigenvalue weighted by molar-refractivity contribution is -0.143. The molecule has 0 bridgehead atoms. The molecule has 27 heavy (non-hydrogen) atoms. The second-order valence-electron chi connectivity index (χ2n) is 6.67. The number of hydrogen-bond acceptors (Lipinski definition) is 2. The van der Waals surface area contributed by atoms with E-state index in [-0.39, 0.29) is 11.6 Å². The molecule has 1 aliphatic heterocycles. The van der Waals surface area contributed by atoms with E-state index in [9.17, 15) is 26.3 Å². The predicted octanol–water partition coefficient (Wildman–Crippen LogP) is 5.42. The van der Waals surface area contributed by atoms with Crippen molar-refractivity contribution in [1.82, 2.24) is 10.2 Å². The highest BCUT2D eigenvalue weighted by Gasteiger charge is 2.40. The van der Waals surface area contributed by atoms with Gasteiger partial charge < -0.3 is 5.32 Å². The third-order valence-corrected chi connectivity index (χ3v) is 4.77. The molecule has 1 aromatic rings. The summed E-state index contributed by atoms with van der Waals surface area (Å²) in [5.74, 6) is 0. The molecule has 152 valence electrons. The lowest BCUT2D eigenvalue weighted by atomic mass is 9.92. The number of hydrogen-bond donors (Lipinski definition) is 1. The fraction of sp³-hybridized carbons (Fsp3) is 0.579. The predicted molar refractivity (Wildman–Crippen MR) is 92.3 cm³/mol.